The summed E-state index contributed by atoms with van der Waals surface area (Å²) in [6.45, 7) is 6.53. The van der Waals surface area contributed by atoms with Crippen molar-refractivity contribution in [1.82, 2.24) is 20.0 Å². The van der Waals surface area contributed by atoms with Crippen molar-refractivity contribution in [3.05, 3.63) is 53.3 Å². The van der Waals surface area contributed by atoms with Crippen molar-refractivity contribution in [1.29, 1.82) is 0 Å². The van der Waals surface area contributed by atoms with Crippen LogP contribution in [-0.2, 0) is 13.0 Å². The molecule has 6 nitrogen and oxygen atoms in total. The monoisotopic (exact) mass is 342 g/mol. The zero-order chi connectivity index (χ0) is 17.8. The van der Waals surface area contributed by atoms with Crippen LogP contribution in [-0.4, -0.2) is 51.4 Å². The molecule has 0 aliphatic carbocycles. The van der Waals surface area contributed by atoms with Gasteiger partial charge in [-0.1, -0.05) is 24.3 Å². The van der Waals surface area contributed by atoms with Crippen molar-refractivity contribution >= 4 is 5.91 Å². The van der Waals surface area contributed by atoms with Crippen LogP contribution >= 0.6 is 0 Å². The molecule has 1 aromatic carbocycles. The van der Waals surface area contributed by atoms with Gasteiger partial charge in [-0.25, -0.2) is 0 Å². The number of benzene rings is 1. The third-order valence-electron chi connectivity index (χ3n) is 4.57. The lowest BCUT2D eigenvalue weighted by atomic mass is 10.00. The van der Waals surface area contributed by atoms with Crippen LogP contribution in [0.3, 0.4) is 0 Å². The van der Waals surface area contributed by atoms with E-state index in [9.17, 15) is 9.90 Å². The maximum absolute atomic E-state index is 12.3. The molecule has 1 aromatic heterocycles. The highest BCUT2D eigenvalue weighted by atomic mass is 16.3. The summed E-state index contributed by atoms with van der Waals surface area (Å²) in [7, 11) is 0. The molecule has 3 rings (SSSR count). The van der Waals surface area contributed by atoms with E-state index in [0.29, 0.717) is 12.2 Å². The van der Waals surface area contributed by atoms with Gasteiger partial charge in [0.05, 0.1) is 6.10 Å². The summed E-state index contributed by atoms with van der Waals surface area (Å²) >= 11 is 0. The van der Waals surface area contributed by atoms with Crippen LogP contribution in [0.4, 0.5) is 0 Å². The number of nitrogens with zero attached hydrogens (tertiary/aromatic N) is 3. The number of aromatic nitrogens is 2. The topological polar surface area (TPSA) is 70.4 Å². The summed E-state index contributed by atoms with van der Waals surface area (Å²) in [6.07, 6.45) is 2.03. The zero-order valence-corrected chi connectivity index (χ0v) is 14.9. The normalized spacial score (nSPS) is 15.8. The Balaban J connectivity index is 1.49. The van der Waals surface area contributed by atoms with Gasteiger partial charge in [-0.2, -0.15) is 5.10 Å². The van der Waals surface area contributed by atoms with Crippen molar-refractivity contribution in [2.24, 2.45) is 0 Å². The average Bonchev–Trinajstić information content (AvgIpc) is 3.10. The maximum Gasteiger partial charge on any atom is 0.269 e. The SMILES string of the molecule is CC(C)n1nccc1C(=O)NCC(O)CN1CCc2ccccc2C1. The molecule has 2 aromatic rings. The first-order valence-corrected chi connectivity index (χ1v) is 8.83. The number of carbonyl (C=O) groups is 1. The minimum Gasteiger partial charge on any atom is -0.390 e. The molecule has 1 amide bonds. The molecule has 1 atom stereocenters. The van der Waals surface area contributed by atoms with Gasteiger partial charge in [0.15, 0.2) is 0 Å². The Bertz CT molecular complexity index is 726. The lowest BCUT2D eigenvalue weighted by Crippen LogP contribution is -2.42. The minimum absolute atomic E-state index is 0.120. The Morgan fingerprint density at radius 1 is 1.28 bits per heavy atom. The van der Waals surface area contributed by atoms with E-state index in [-0.39, 0.29) is 18.5 Å². The number of hydrogen-bond acceptors (Lipinski definition) is 4. The average molecular weight is 342 g/mol. The fourth-order valence-electron chi connectivity index (χ4n) is 3.28. The Labute approximate surface area is 148 Å². The summed E-state index contributed by atoms with van der Waals surface area (Å²) < 4.78 is 1.68. The number of aliphatic hydroxyl groups excluding tert-OH is 1. The molecule has 134 valence electrons. The fourth-order valence-corrected chi connectivity index (χ4v) is 3.28. The number of carbonyl (C=O) groups excluding carboxylic acids is 1. The van der Waals surface area contributed by atoms with Gasteiger partial charge in [-0.05, 0) is 37.5 Å². The van der Waals surface area contributed by atoms with E-state index in [4.69, 9.17) is 0 Å². The summed E-state index contributed by atoms with van der Waals surface area (Å²) in [5.74, 6) is -0.200. The van der Waals surface area contributed by atoms with Gasteiger partial charge in [0.2, 0.25) is 0 Å². The van der Waals surface area contributed by atoms with Gasteiger partial charge in [0.25, 0.3) is 5.91 Å². The molecule has 2 N–H and O–H groups in total. The highest BCUT2D eigenvalue weighted by molar-refractivity contribution is 5.92. The van der Waals surface area contributed by atoms with Gasteiger partial charge in [-0.3, -0.25) is 14.4 Å². The van der Waals surface area contributed by atoms with Gasteiger partial charge < -0.3 is 10.4 Å². The van der Waals surface area contributed by atoms with Crippen molar-refractivity contribution in [2.75, 3.05) is 19.6 Å². The van der Waals surface area contributed by atoms with Gasteiger partial charge in [0, 0.05) is 38.4 Å². The highest BCUT2D eigenvalue weighted by Gasteiger charge is 2.20. The van der Waals surface area contributed by atoms with Crippen LogP contribution < -0.4 is 5.32 Å². The van der Waals surface area contributed by atoms with E-state index in [1.807, 2.05) is 13.8 Å². The Hall–Kier alpha value is -2.18. The molecule has 0 fully saturated rings. The molecule has 1 aliphatic rings. The first-order chi connectivity index (χ1) is 12.0. The molecule has 25 heavy (non-hydrogen) atoms. The van der Waals surface area contributed by atoms with E-state index in [1.165, 1.54) is 11.1 Å². The van der Waals surface area contributed by atoms with Crippen LogP contribution in [0, 0.1) is 0 Å². The van der Waals surface area contributed by atoms with Crippen LogP contribution in [0.5, 0.6) is 0 Å². The third-order valence-corrected chi connectivity index (χ3v) is 4.57. The first kappa shape index (κ1) is 17.6. The Morgan fingerprint density at radius 2 is 2.04 bits per heavy atom. The molecule has 0 spiro atoms. The number of amides is 1. The van der Waals surface area contributed by atoms with E-state index in [2.05, 4.69) is 39.6 Å². The number of hydrogen-bond donors (Lipinski definition) is 2. The van der Waals surface area contributed by atoms with E-state index in [1.54, 1.807) is 16.9 Å². The third kappa shape index (κ3) is 4.27. The number of rotatable bonds is 6. The lowest BCUT2D eigenvalue weighted by Gasteiger charge is -2.30. The molecule has 0 radical (unpaired) electrons. The lowest BCUT2D eigenvalue weighted by molar-refractivity contribution is 0.0832. The number of aliphatic hydroxyl groups is 1. The summed E-state index contributed by atoms with van der Waals surface area (Å²) in [5.41, 5.74) is 3.24. The second-order valence-electron chi connectivity index (χ2n) is 6.87. The molecular weight excluding hydrogens is 316 g/mol. The van der Waals surface area contributed by atoms with Crippen LogP contribution in [0.2, 0.25) is 0 Å². The van der Waals surface area contributed by atoms with E-state index < -0.39 is 6.10 Å². The molecule has 6 heteroatoms. The second kappa shape index (κ2) is 7.80. The van der Waals surface area contributed by atoms with Crippen LogP contribution in [0.1, 0.15) is 41.5 Å². The maximum atomic E-state index is 12.3. The summed E-state index contributed by atoms with van der Waals surface area (Å²) in [6, 6.07) is 10.2. The molecule has 1 aliphatic heterocycles. The predicted molar refractivity (Wildman–Crippen MR) is 96.4 cm³/mol. The van der Waals surface area contributed by atoms with Crippen LogP contribution in [0.15, 0.2) is 36.5 Å². The minimum atomic E-state index is -0.593. The largest absolute Gasteiger partial charge is 0.390 e. The summed E-state index contributed by atoms with van der Waals surface area (Å²) in [5, 5.41) is 17.3. The molecule has 0 saturated carbocycles. The zero-order valence-electron chi connectivity index (χ0n) is 14.9. The number of β-amino-alcohol motifs (C(OH)–C–C–N with tert-alkyl or cyclic N) is 1. The van der Waals surface area contributed by atoms with Gasteiger partial charge in [-0.15, -0.1) is 0 Å². The van der Waals surface area contributed by atoms with Gasteiger partial charge in [0.1, 0.15) is 5.69 Å². The fraction of sp³-hybridized carbons (Fsp3) is 0.474. The van der Waals surface area contributed by atoms with Crippen LogP contribution in [0.25, 0.3) is 0 Å². The summed E-state index contributed by atoms with van der Waals surface area (Å²) in [4.78, 5) is 14.5. The Morgan fingerprint density at radius 3 is 2.80 bits per heavy atom. The predicted octanol–water partition coefficient (Wildman–Crippen LogP) is 1.61. The van der Waals surface area contributed by atoms with Crippen molar-refractivity contribution in [3.8, 4) is 0 Å². The number of fused-ring (bicyclic) bond motifs is 1. The van der Waals surface area contributed by atoms with Gasteiger partial charge >= 0.3 is 0 Å². The van der Waals surface area contributed by atoms with E-state index in [0.717, 1.165) is 19.5 Å². The molecule has 1 unspecified atom stereocenters. The second-order valence-corrected chi connectivity index (χ2v) is 6.87. The van der Waals surface area contributed by atoms with Crippen molar-refractivity contribution < 1.29 is 9.90 Å². The van der Waals surface area contributed by atoms with Crippen molar-refractivity contribution in [2.45, 2.75) is 39.0 Å². The molecule has 0 bridgehead atoms. The number of nitrogens with one attached hydrogen (secondary N) is 1. The highest BCUT2D eigenvalue weighted by Crippen LogP contribution is 2.18. The Kier molecular flexibility index (Phi) is 5.50. The first-order valence-electron chi connectivity index (χ1n) is 8.83. The molecular formula is C19H26N4O2. The quantitative estimate of drug-likeness (QED) is 0.837. The molecule has 0 saturated heterocycles. The van der Waals surface area contributed by atoms with E-state index >= 15 is 0 Å². The standard InChI is InChI=1S/C19H26N4O2/c1-14(2)23-18(7-9-21-23)19(25)20-11-17(24)13-22-10-8-15-5-3-4-6-16(15)12-22/h3-7,9,14,17,24H,8,10-13H2,1-2H3,(H,20,25). The smallest absolute Gasteiger partial charge is 0.269 e. The molecule has 2 heterocycles. The van der Waals surface area contributed by atoms with Crippen molar-refractivity contribution in [3.63, 3.8) is 0 Å².